The van der Waals surface area contributed by atoms with Gasteiger partial charge in [-0.25, -0.2) is 0 Å². The number of nitrogens with one attached hydrogen (secondary N) is 1. The van der Waals surface area contributed by atoms with E-state index < -0.39 is 0 Å². The van der Waals surface area contributed by atoms with Crippen molar-refractivity contribution in [1.29, 1.82) is 0 Å². The van der Waals surface area contributed by atoms with Crippen LogP contribution in [0.2, 0.25) is 0 Å². The van der Waals surface area contributed by atoms with Crippen molar-refractivity contribution in [3.05, 3.63) is 144 Å². The average Bonchev–Trinajstić information content (AvgIpc) is 2.91. The summed E-state index contributed by atoms with van der Waals surface area (Å²) in [7, 11) is 0. The summed E-state index contributed by atoms with van der Waals surface area (Å²) in [6, 6.07) is 43.4. The molecule has 0 heterocycles. The molecule has 0 amide bonds. The van der Waals surface area contributed by atoms with E-state index in [9.17, 15) is 10.1 Å². The first-order valence-corrected chi connectivity index (χ1v) is 11.3. The van der Waals surface area contributed by atoms with Crippen LogP contribution in [-0.4, -0.2) is 4.92 Å². The molecule has 5 aromatic rings. The van der Waals surface area contributed by atoms with Crippen LogP contribution < -0.4 is 10.2 Å². The number of nitro benzene ring substituents is 1. The Morgan fingerprint density at radius 3 is 1.49 bits per heavy atom. The number of nitro groups is 1. The maximum Gasteiger partial charge on any atom is 0.269 e. The Morgan fingerprint density at radius 1 is 0.514 bits per heavy atom. The van der Waals surface area contributed by atoms with Gasteiger partial charge in [0.25, 0.3) is 5.69 Å². The van der Waals surface area contributed by atoms with E-state index in [-0.39, 0.29) is 10.6 Å². The Labute approximate surface area is 204 Å². The van der Waals surface area contributed by atoms with E-state index in [0.717, 1.165) is 39.6 Å². The second-order valence-corrected chi connectivity index (χ2v) is 8.06. The van der Waals surface area contributed by atoms with E-state index >= 15 is 0 Å². The molecule has 0 saturated heterocycles. The van der Waals surface area contributed by atoms with Crippen molar-refractivity contribution < 1.29 is 4.92 Å². The Hall–Kier alpha value is -4.90. The molecule has 0 aliphatic carbocycles. The van der Waals surface area contributed by atoms with Gasteiger partial charge in [-0.05, 0) is 71.8 Å². The molecule has 0 aromatic heterocycles. The fraction of sp³-hybridized carbons (Fsp3) is 0. The van der Waals surface area contributed by atoms with Crippen molar-refractivity contribution in [2.24, 2.45) is 0 Å². The second kappa shape index (κ2) is 9.93. The molecule has 0 bridgehead atoms. The third kappa shape index (κ3) is 5.04. The fourth-order valence-electron chi connectivity index (χ4n) is 3.98. The molecule has 35 heavy (non-hydrogen) atoms. The van der Waals surface area contributed by atoms with Gasteiger partial charge in [0.05, 0.1) is 4.92 Å². The molecule has 5 nitrogen and oxygen atoms in total. The van der Waals surface area contributed by atoms with Gasteiger partial charge in [0, 0.05) is 40.6 Å². The zero-order chi connectivity index (χ0) is 24.0. The van der Waals surface area contributed by atoms with Crippen LogP contribution in [0.3, 0.4) is 0 Å². The lowest BCUT2D eigenvalue weighted by atomic mass is 10.0. The normalized spacial score (nSPS) is 10.5. The number of hydrogen-bond donors (Lipinski definition) is 1. The van der Waals surface area contributed by atoms with Crippen molar-refractivity contribution in [2.45, 2.75) is 0 Å². The third-order valence-corrected chi connectivity index (χ3v) is 5.74. The van der Waals surface area contributed by atoms with Crippen molar-refractivity contribution in [2.75, 3.05) is 10.2 Å². The minimum atomic E-state index is -0.383. The summed E-state index contributed by atoms with van der Waals surface area (Å²) in [5.74, 6) is 0. The van der Waals surface area contributed by atoms with E-state index in [1.54, 1.807) is 12.1 Å². The van der Waals surface area contributed by atoms with Crippen LogP contribution in [0.25, 0.3) is 11.1 Å². The standard InChI is InChI=1S/C30H23N3O2/c34-33(35)30-21-19-29(20-22-30)32(27-9-5-2-6-10-27)28-17-13-24(14-18-28)23-11-15-26(16-12-23)31-25-7-3-1-4-8-25/h1-22,31H. The molecule has 170 valence electrons. The molecular weight excluding hydrogens is 434 g/mol. The smallest absolute Gasteiger partial charge is 0.269 e. The van der Waals surface area contributed by atoms with Crippen LogP contribution in [0.15, 0.2) is 133 Å². The Morgan fingerprint density at radius 2 is 0.943 bits per heavy atom. The number of anilines is 5. The summed E-state index contributed by atoms with van der Waals surface area (Å²) < 4.78 is 0. The monoisotopic (exact) mass is 457 g/mol. The molecule has 0 aliphatic rings. The first-order valence-electron chi connectivity index (χ1n) is 11.3. The summed E-state index contributed by atoms with van der Waals surface area (Å²) in [5.41, 5.74) is 7.19. The van der Waals surface area contributed by atoms with Crippen LogP contribution in [-0.2, 0) is 0 Å². The van der Waals surface area contributed by atoms with Crippen LogP contribution >= 0.6 is 0 Å². The van der Waals surface area contributed by atoms with E-state index in [2.05, 4.69) is 58.7 Å². The lowest BCUT2D eigenvalue weighted by Gasteiger charge is -2.25. The van der Waals surface area contributed by atoms with Gasteiger partial charge in [-0.2, -0.15) is 0 Å². The maximum absolute atomic E-state index is 11.1. The van der Waals surface area contributed by atoms with Gasteiger partial charge in [-0.15, -0.1) is 0 Å². The predicted molar refractivity (Wildman–Crippen MR) is 143 cm³/mol. The SMILES string of the molecule is O=[N+]([O-])c1ccc(N(c2ccccc2)c2ccc(-c3ccc(Nc4ccccc4)cc3)cc2)cc1. The lowest BCUT2D eigenvalue weighted by Crippen LogP contribution is -2.09. The molecule has 0 fully saturated rings. The highest BCUT2D eigenvalue weighted by Crippen LogP contribution is 2.36. The maximum atomic E-state index is 11.1. The van der Waals surface area contributed by atoms with Crippen molar-refractivity contribution in [3.8, 4) is 11.1 Å². The Balaban J connectivity index is 1.41. The van der Waals surface area contributed by atoms with E-state index in [1.807, 2.05) is 60.7 Å². The van der Waals surface area contributed by atoms with Crippen LogP contribution in [0.5, 0.6) is 0 Å². The van der Waals surface area contributed by atoms with Gasteiger partial charge in [0.15, 0.2) is 0 Å². The van der Waals surface area contributed by atoms with E-state index in [0.29, 0.717) is 0 Å². The quantitative estimate of drug-likeness (QED) is 0.197. The molecule has 5 heteroatoms. The molecule has 1 N–H and O–H groups in total. The fourth-order valence-corrected chi connectivity index (χ4v) is 3.98. The number of benzene rings is 5. The predicted octanol–water partition coefficient (Wildman–Crippen LogP) is 8.48. The topological polar surface area (TPSA) is 58.4 Å². The number of nitrogens with zero attached hydrogens (tertiary/aromatic N) is 2. The average molecular weight is 458 g/mol. The Bertz CT molecular complexity index is 1400. The van der Waals surface area contributed by atoms with Gasteiger partial charge >= 0.3 is 0 Å². The number of para-hydroxylation sites is 2. The molecule has 0 spiro atoms. The second-order valence-electron chi connectivity index (χ2n) is 8.06. The number of rotatable bonds is 7. The molecule has 0 saturated carbocycles. The number of non-ortho nitro benzene ring substituents is 1. The molecule has 5 aromatic carbocycles. The zero-order valence-corrected chi connectivity index (χ0v) is 18.9. The zero-order valence-electron chi connectivity index (χ0n) is 18.9. The van der Waals surface area contributed by atoms with Gasteiger partial charge in [-0.1, -0.05) is 60.7 Å². The molecule has 5 rings (SSSR count). The number of hydrogen-bond acceptors (Lipinski definition) is 4. The molecule has 0 unspecified atom stereocenters. The highest BCUT2D eigenvalue weighted by Gasteiger charge is 2.14. The minimum absolute atomic E-state index is 0.0716. The van der Waals surface area contributed by atoms with Gasteiger partial charge in [-0.3, -0.25) is 10.1 Å². The van der Waals surface area contributed by atoms with Crippen molar-refractivity contribution >= 4 is 34.1 Å². The highest BCUT2D eigenvalue weighted by molar-refractivity contribution is 5.79. The largest absolute Gasteiger partial charge is 0.356 e. The Kier molecular flexibility index (Phi) is 6.22. The summed E-state index contributed by atoms with van der Waals surface area (Å²) in [4.78, 5) is 12.8. The van der Waals surface area contributed by atoms with Crippen LogP contribution in [0, 0.1) is 10.1 Å². The molecular formula is C30H23N3O2. The van der Waals surface area contributed by atoms with Gasteiger partial charge in [0.2, 0.25) is 0 Å². The highest BCUT2D eigenvalue weighted by atomic mass is 16.6. The molecule has 0 radical (unpaired) electrons. The summed E-state index contributed by atoms with van der Waals surface area (Å²) in [5, 5.41) is 14.5. The van der Waals surface area contributed by atoms with Gasteiger partial charge < -0.3 is 10.2 Å². The van der Waals surface area contributed by atoms with E-state index in [1.165, 1.54) is 12.1 Å². The van der Waals surface area contributed by atoms with Gasteiger partial charge in [0.1, 0.15) is 0 Å². The van der Waals surface area contributed by atoms with Crippen molar-refractivity contribution in [1.82, 2.24) is 0 Å². The minimum Gasteiger partial charge on any atom is -0.356 e. The molecule has 0 aliphatic heterocycles. The first kappa shape index (κ1) is 21.9. The summed E-state index contributed by atoms with van der Waals surface area (Å²) in [6.07, 6.45) is 0. The van der Waals surface area contributed by atoms with Crippen LogP contribution in [0.1, 0.15) is 0 Å². The third-order valence-electron chi connectivity index (χ3n) is 5.74. The summed E-state index contributed by atoms with van der Waals surface area (Å²) in [6.45, 7) is 0. The van der Waals surface area contributed by atoms with Crippen molar-refractivity contribution in [3.63, 3.8) is 0 Å². The summed E-state index contributed by atoms with van der Waals surface area (Å²) >= 11 is 0. The molecule has 0 atom stereocenters. The van der Waals surface area contributed by atoms with Crippen LogP contribution in [0.4, 0.5) is 34.1 Å². The first-order chi connectivity index (χ1) is 17.2. The van der Waals surface area contributed by atoms with E-state index in [4.69, 9.17) is 0 Å². The lowest BCUT2D eigenvalue weighted by molar-refractivity contribution is -0.384.